The molecule has 1 aromatic rings. The van der Waals surface area contributed by atoms with E-state index < -0.39 is 36.9 Å². The molecule has 4 unspecified atom stereocenters. The molecule has 0 saturated carbocycles. The average Bonchev–Trinajstić information content (AvgIpc) is 2.98. The Balaban J connectivity index is 2.06. The number of primary amides is 1. The van der Waals surface area contributed by atoms with Crippen LogP contribution in [0.4, 0.5) is 5.82 Å². The van der Waals surface area contributed by atoms with Gasteiger partial charge < -0.3 is 31.7 Å². The molecule has 3 rings (SSSR count). The summed E-state index contributed by atoms with van der Waals surface area (Å²) >= 11 is 0. The molecule has 20 heavy (non-hydrogen) atoms. The Bertz CT molecular complexity index is 584. The second-order valence-corrected chi connectivity index (χ2v) is 4.60. The molecule has 1 amide bonds. The number of amides is 1. The van der Waals surface area contributed by atoms with Gasteiger partial charge in [-0.15, -0.1) is 0 Å². The quantitative estimate of drug-likeness (QED) is 0.404. The van der Waals surface area contributed by atoms with Crippen LogP contribution in [0.3, 0.4) is 0 Å². The molecule has 0 aromatic carbocycles. The molecule has 0 bridgehead atoms. The highest BCUT2D eigenvalue weighted by Gasteiger charge is 2.46. The number of aromatic nitrogens is 2. The van der Waals surface area contributed by atoms with Gasteiger partial charge in [-0.05, 0) is 0 Å². The summed E-state index contributed by atoms with van der Waals surface area (Å²) < 4.78 is 6.92. The van der Waals surface area contributed by atoms with Crippen LogP contribution < -0.4 is 16.8 Å². The van der Waals surface area contributed by atoms with Crippen LogP contribution in [0, 0.1) is 0 Å². The van der Waals surface area contributed by atoms with E-state index in [0.717, 1.165) is 0 Å². The Morgan fingerprint density at radius 2 is 2.40 bits per heavy atom. The number of carbonyl (C=O) groups is 1. The minimum absolute atomic E-state index is 0.0271. The number of imidazole rings is 1. The second-order valence-electron chi connectivity index (χ2n) is 4.60. The number of ether oxygens (including phenoxy) is 1. The van der Waals surface area contributed by atoms with E-state index in [1.165, 1.54) is 6.33 Å². The van der Waals surface area contributed by atoms with E-state index in [-0.39, 0.29) is 11.7 Å². The summed E-state index contributed by atoms with van der Waals surface area (Å²) in [6, 6.07) is -0.726. The number of aliphatic hydroxyl groups excluding tert-OH is 2. The van der Waals surface area contributed by atoms with Gasteiger partial charge >= 0.3 is 0 Å². The molecule has 108 valence electrons. The normalized spacial score (nSPS) is 28.7. The number of aliphatic imine (C=N–C) groups is 1. The standard InChI is InChI=1S/C10H14N6O4/c11-7(19)5-8-14-4(3(18)1-17)6-9(15-10(12)20-6)16(8)2-13-5/h2-4,6,9,14,17-18H,1H2,(H2,11,19)(H2,12,15). The molecule has 0 spiro atoms. The molecule has 7 N–H and O–H groups in total. The molecule has 0 saturated heterocycles. The number of rotatable bonds is 3. The number of fused-ring (bicyclic) bond motifs is 3. The molecule has 0 fully saturated rings. The molecular formula is C10H14N6O4. The van der Waals surface area contributed by atoms with Crippen LogP contribution in [0.2, 0.25) is 0 Å². The van der Waals surface area contributed by atoms with Crippen LogP contribution in [0.1, 0.15) is 16.7 Å². The van der Waals surface area contributed by atoms with Crippen molar-refractivity contribution in [3.8, 4) is 0 Å². The van der Waals surface area contributed by atoms with Gasteiger partial charge in [-0.3, -0.25) is 9.36 Å². The van der Waals surface area contributed by atoms with Crippen molar-refractivity contribution >= 4 is 17.7 Å². The maximum atomic E-state index is 11.3. The van der Waals surface area contributed by atoms with Crippen molar-refractivity contribution in [3.63, 3.8) is 0 Å². The smallest absolute Gasteiger partial charge is 0.284 e. The van der Waals surface area contributed by atoms with Crippen molar-refractivity contribution in [3.05, 3.63) is 12.0 Å². The average molecular weight is 282 g/mol. The summed E-state index contributed by atoms with van der Waals surface area (Å²) in [6.07, 6.45) is -0.904. The van der Waals surface area contributed by atoms with Crippen molar-refractivity contribution in [1.82, 2.24) is 9.55 Å². The van der Waals surface area contributed by atoms with Gasteiger partial charge in [0, 0.05) is 0 Å². The Hall–Kier alpha value is -2.33. The number of nitrogens with one attached hydrogen (secondary N) is 1. The fourth-order valence-electron chi connectivity index (χ4n) is 2.47. The highest BCUT2D eigenvalue weighted by molar-refractivity contribution is 5.96. The molecule has 10 heteroatoms. The van der Waals surface area contributed by atoms with Gasteiger partial charge in [-0.25, -0.2) is 9.98 Å². The van der Waals surface area contributed by atoms with Gasteiger partial charge in [-0.1, -0.05) is 0 Å². The summed E-state index contributed by atoms with van der Waals surface area (Å²) in [7, 11) is 0. The van der Waals surface area contributed by atoms with E-state index in [0.29, 0.717) is 5.82 Å². The molecule has 4 atom stereocenters. The van der Waals surface area contributed by atoms with Gasteiger partial charge in [0.05, 0.1) is 19.0 Å². The number of hydrogen-bond donors (Lipinski definition) is 5. The third-order valence-electron chi connectivity index (χ3n) is 3.38. The van der Waals surface area contributed by atoms with Crippen LogP contribution in [0.25, 0.3) is 0 Å². The Morgan fingerprint density at radius 1 is 1.65 bits per heavy atom. The highest BCUT2D eigenvalue weighted by atomic mass is 16.5. The predicted molar refractivity (Wildman–Crippen MR) is 66.8 cm³/mol. The van der Waals surface area contributed by atoms with Gasteiger partial charge in [0.25, 0.3) is 11.9 Å². The molecule has 2 aliphatic rings. The number of amidine groups is 1. The van der Waals surface area contributed by atoms with Crippen LogP contribution >= 0.6 is 0 Å². The summed E-state index contributed by atoms with van der Waals surface area (Å²) in [5.74, 6) is -0.392. The zero-order valence-electron chi connectivity index (χ0n) is 10.3. The van der Waals surface area contributed by atoms with E-state index >= 15 is 0 Å². The van der Waals surface area contributed by atoms with E-state index in [1.807, 2.05) is 0 Å². The maximum absolute atomic E-state index is 11.3. The Labute approximate surface area is 113 Å². The first-order valence-corrected chi connectivity index (χ1v) is 5.95. The van der Waals surface area contributed by atoms with Crippen LogP contribution in [0.5, 0.6) is 0 Å². The van der Waals surface area contributed by atoms with Gasteiger partial charge in [0.15, 0.2) is 18.0 Å². The van der Waals surface area contributed by atoms with Crippen molar-refractivity contribution in [2.75, 3.05) is 11.9 Å². The van der Waals surface area contributed by atoms with E-state index in [1.54, 1.807) is 4.57 Å². The minimum Gasteiger partial charge on any atom is -0.455 e. The van der Waals surface area contributed by atoms with Gasteiger partial charge in [0.1, 0.15) is 11.9 Å². The number of carbonyl (C=O) groups excluding carboxylic acids is 1. The topological polar surface area (TPSA) is 161 Å². The number of nitrogens with zero attached hydrogens (tertiary/aromatic N) is 3. The highest BCUT2D eigenvalue weighted by Crippen LogP contribution is 2.36. The molecule has 0 radical (unpaired) electrons. The largest absolute Gasteiger partial charge is 0.455 e. The minimum atomic E-state index is -1.12. The third-order valence-corrected chi connectivity index (χ3v) is 3.38. The maximum Gasteiger partial charge on any atom is 0.284 e. The second kappa shape index (κ2) is 4.35. The van der Waals surface area contributed by atoms with Crippen LogP contribution in [0.15, 0.2) is 11.3 Å². The number of nitrogens with two attached hydrogens (primary N) is 2. The lowest BCUT2D eigenvalue weighted by Gasteiger charge is -2.36. The third kappa shape index (κ3) is 1.69. The van der Waals surface area contributed by atoms with Crippen molar-refractivity contribution in [2.24, 2.45) is 16.5 Å². The zero-order chi connectivity index (χ0) is 14.4. The first kappa shape index (κ1) is 12.7. The molecule has 1 aromatic heterocycles. The fourth-order valence-corrected chi connectivity index (χ4v) is 2.47. The monoisotopic (exact) mass is 282 g/mol. The summed E-state index contributed by atoms with van der Waals surface area (Å²) in [4.78, 5) is 19.4. The van der Waals surface area contributed by atoms with Gasteiger partial charge in [-0.2, -0.15) is 0 Å². The fraction of sp³-hybridized carbons (Fsp3) is 0.500. The van der Waals surface area contributed by atoms with Crippen LogP contribution in [-0.2, 0) is 4.74 Å². The Morgan fingerprint density at radius 3 is 3.05 bits per heavy atom. The lowest BCUT2D eigenvalue weighted by atomic mass is 10.0. The number of hydrogen-bond acceptors (Lipinski definition) is 8. The number of anilines is 1. The lowest BCUT2D eigenvalue weighted by Crippen LogP contribution is -2.52. The van der Waals surface area contributed by atoms with Crippen molar-refractivity contribution in [2.45, 2.75) is 24.4 Å². The number of aliphatic hydroxyl groups is 2. The molecule has 2 aliphatic heterocycles. The summed E-state index contributed by atoms with van der Waals surface area (Å²) in [5, 5.41) is 21.9. The summed E-state index contributed by atoms with van der Waals surface area (Å²) in [5.41, 5.74) is 10.8. The van der Waals surface area contributed by atoms with Crippen molar-refractivity contribution < 1.29 is 19.7 Å². The first-order valence-electron chi connectivity index (χ1n) is 5.95. The Kier molecular flexibility index (Phi) is 2.76. The van der Waals surface area contributed by atoms with Gasteiger partial charge in [0.2, 0.25) is 0 Å². The molecular weight excluding hydrogens is 268 g/mol. The van der Waals surface area contributed by atoms with E-state index in [2.05, 4.69) is 15.3 Å². The van der Waals surface area contributed by atoms with Crippen molar-refractivity contribution in [1.29, 1.82) is 0 Å². The lowest BCUT2D eigenvalue weighted by molar-refractivity contribution is 0.0207. The molecule has 10 nitrogen and oxygen atoms in total. The SMILES string of the molecule is NC(=O)c1ncn2c1NC(C(O)CO)C1OC(N)=NC12. The van der Waals surface area contributed by atoms with Crippen LogP contribution in [-0.4, -0.2) is 56.5 Å². The van der Waals surface area contributed by atoms with E-state index in [9.17, 15) is 9.90 Å². The first-order chi connectivity index (χ1) is 9.52. The zero-order valence-corrected chi connectivity index (χ0v) is 10.3. The van der Waals surface area contributed by atoms with E-state index in [4.69, 9.17) is 21.3 Å². The predicted octanol–water partition coefficient (Wildman–Crippen LogP) is -2.66. The summed E-state index contributed by atoms with van der Waals surface area (Å²) in [6.45, 7) is -0.482. The molecule has 0 aliphatic carbocycles. The molecule has 3 heterocycles.